The minimum atomic E-state index is -1.02. The molecule has 5 nitrogen and oxygen atoms in total. The van der Waals surface area contributed by atoms with Crippen molar-refractivity contribution < 1.29 is 19.4 Å². The van der Waals surface area contributed by atoms with E-state index in [1.165, 1.54) is 6.92 Å². The first-order valence-corrected chi connectivity index (χ1v) is 5.44. The van der Waals surface area contributed by atoms with Crippen molar-refractivity contribution in [1.29, 1.82) is 0 Å². The van der Waals surface area contributed by atoms with E-state index in [1.807, 2.05) is 12.1 Å². The van der Waals surface area contributed by atoms with Crippen LogP contribution >= 0.6 is 0 Å². The van der Waals surface area contributed by atoms with Crippen LogP contribution in [0.5, 0.6) is 11.6 Å². The fraction of sp³-hybridized carbons (Fsp3) is 0.231. The number of benzene rings is 1. The van der Waals surface area contributed by atoms with Gasteiger partial charge in [0, 0.05) is 11.5 Å². The van der Waals surface area contributed by atoms with E-state index in [-0.39, 0.29) is 0 Å². The molecule has 1 unspecified atom stereocenters. The normalized spacial score (nSPS) is 12.1. The number of fused-ring (bicyclic) bond motifs is 1. The second-order valence-electron chi connectivity index (χ2n) is 3.81. The second-order valence-corrected chi connectivity index (χ2v) is 3.81. The Balaban J connectivity index is 2.30. The van der Waals surface area contributed by atoms with E-state index in [2.05, 4.69) is 4.98 Å². The summed E-state index contributed by atoms with van der Waals surface area (Å²) in [6, 6.07) is 8.90. The van der Waals surface area contributed by atoms with E-state index in [4.69, 9.17) is 14.6 Å². The van der Waals surface area contributed by atoms with Gasteiger partial charge in [0.15, 0.2) is 6.10 Å². The van der Waals surface area contributed by atoms with Gasteiger partial charge in [0.1, 0.15) is 5.75 Å². The number of aromatic nitrogens is 1. The van der Waals surface area contributed by atoms with Gasteiger partial charge in [0.2, 0.25) is 5.88 Å². The minimum Gasteiger partial charge on any atom is -0.497 e. The van der Waals surface area contributed by atoms with Gasteiger partial charge in [-0.25, -0.2) is 9.78 Å². The topological polar surface area (TPSA) is 68.7 Å². The Morgan fingerprint density at radius 3 is 2.78 bits per heavy atom. The van der Waals surface area contributed by atoms with Crippen molar-refractivity contribution in [2.45, 2.75) is 13.0 Å². The van der Waals surface area contributed by atoms with Crippen molar-refractivity contribution in [3.05, 3.63) is 30.3 Å². The molecular weight excluding hydrogens is 234 g/mol. The van der Waals surface area contributed by atoms with Crippen LogP contribution < -0.4 is 9.47 Å². The average molecular weight is 247 g/mol. The van der Waals surface area contributed by atoms with Crippen LogP contribution in [-0.2, 0) is 4.79 Å². The number of aliphatic carboxylic acids is 1. The van der Waals surface area contributed by atoms with Crippen LogP contribution in [0.25, 0.3) is 10.9 Å². The Hall–Kier alpha value is -2.30. The van der Waals surface area contributed by atoms with E-state index in [0.717, 1.165) is 16.7 Å². The monoisotopic (exact) mass is 247 g/mol. The Morgan fingerprint density at radius 1 is 1.33 bits per heavy atom. The lowest BCUT2D eigenvalue weighted by molar-refractivity contribution is -0.144. The summed E-state index contributed by atoms with van der Waals surface area (Å²) >= 11 is 0. The molecule has 0 aliphatic rings. The third-order valence-electron chi connectivity index (χ3n) is 2.52. The molecule has 0 aliphatic heterocycles. The summed E-state index contributed by atoms with van der Waals surface area (Å²) in [5.41, 5.74) is 0.728. The van der Waals surface area contributed by atoms with Gasteiger partial charge >= 0.3 is 5.97 Å². The summed E-state index contributed by atoms with van der Waals surface area (Å²) in [6.07, 6.45) is -0.923. The number of ether oxygens (including phenoxy) is 2. The van der Waals surface area contributed by atoms with Gasteiger partial charge in [-0.05, 0) is 31.2 Å². The molecule has 2 rings (SSSR count). The number of carboxylic acid groups (broad SMARTS) is 1. The number of methoxy groups -OCH3 is 1. The third kappa shape index (κ3) is 2.51. The predicted octanol–water partition coefficient (Wildman–Crippen LogP) is 2.10. The van der Waals surface area contributed by atoms with Crippen molar-refractivity contribution >= 4 is 16.9 Å². The maximum absolute atomic E-state index is 10.7. The summed E-state index contributed by atoms with van der Waals surface area (Å²) in [7, 11) is 1.60. The molecule has 0 radical (unpaired) electrons. The molecule has 0 amide bonds. The maximum atomic E-state index is 10.7. The van der Waals surface area contributed by atoms with Gasteiger partial charge in [0.05, 0.1) is 12.6 Å². The van der Waals surface area contributed by atoms with Crippen LogP contribution in [0.1, 0.15) is 6.92 Å². The molecule has 2 aromatic rings. The Bertz CT molecular complexity index is 582. The third-order valence-corrected chi connectivity index (χ3v) is 2.52. The van der Waals surface area contributed by atoms with E-state index in [0.29, 0.717) is 5.88 Å². The van der Waals surface area contributed by atoms with Crippen molar-refractivity contribution in [2.75, 3.05) is 7.11 Å². The Morgan fingerprint density at radius 2 is 2.11 bits per heavy atom. The van der Waals surface area contributed by atoms with Crippen LogP contribution in [0.3, 0.4) is 0 Å². The highest BCUT2D eigenvalue weighted by Crippen LogP contribution is 2.22. The SMILES string of the molecule is COc1ccc2nc(OC(C)C(=O)O)ccc2c1. The molecule has 5 heteroatoms. The van der Waals surface area contributed by atoms with E-state index in [1.54, 1.807) is 25.3 Å². The zero-order valence-corrected chi connectivity index (χ0v) is 10.1. The number of nitrogens with zero attached hydrogens (tertiary/aromatic N) is 1. The van der Waals surface area contributed by atoms with Crippen molar-refractivity contribution in [2.24, 2.45) is 0 Å². The molecule has 94 valence electrons. The summed E-state index contributed by atoms with van der Waals surface area (Å²) in [5.74, 6) is 0.0195. The largest absolute Gasteiger partial charge is 0.497 e. The molecule has 1 atom stereocenters. The molecule has 0 bridgehead atoms. The Kier molecular flexibility index (Phi) is 3.32. The summed E-state index contributed by atoms with van der Waals surface area (Å²) in [4.78, 5) is 14.9. The number of hydrogen-bond acceptors (Lipinski definition) is 4. The number of carbonyl (C=O) groups is 1. The van der Waals surface area contributed by atoms with Crippen molar-refractivity contribution in [3.8, 4) is 11.6 Å². The molecular formula is C13H13NO4. The average Bonchev–Trinajstić information content (AvgIpc) is 2.37. The lowest BCUT2D eigenvalue weighted by Crippen LogP contribution is -2.23. The predicted molar refractivity (Wildman–Crippen MR) is 66.0 cm³/mol. The number of rotatable bonds is 4. The van der Waals surface area contributed by atoms with E-state index in [9.17, 15) is 4.79 Å². The van der Waals surface area contributed by atoms with Gasteiger partial charge < -0.3 is 14.6 Å². The molecule has 1 N–H and O–H groups in total. The standard InChI is InChI=1S/C13H13NO4/c1-8(13(15)16)18-12-6-3-9-7-10(17-2)4-5-11(9)14-12/h3-8H,1-2H3,(H,15,16). The number of pyridine rings is 1. The molecule has 0 saturated heterocycles. The summed E-state index contributed by atoms with van der Waals surface area (Å²) in [6.45, 7) is 1.46. The van der Waals surface area contributed by atoms with Gasteiger partial charge in [0.25, 0.3) is 0 Å². The first-order chi connectivity index (χ1) is 8.60. The van der Waals surface area contributed by atoms with Crippen LogP contribution in [0.2, 0.25) is 0 Å². The molecule has 0 spiro atoms. The first-order valence-electron chi connectivity index (χ1n) is 5.44. The van der Waals surface area contributed by atoms with Crippen LogP contribution in [0.15, 0.2) is 30.3 Å². The van der Waals surface area contributed by atoms with E-state index >= 15 is 0 Å². The highest BCUT2D eigenvalue weighted by molar-refractivity contribution is 5.80. The van der Waals surface area contributed by atoms with Gasteiger partial charge in [-0.3, -0.25) is 0 Å². The Labute approximate surface area is 104 Å². The maximum Gasteiger partial charge on any atom is 0.344 e. The van der Waals surface area contributed by atoms with Crippen LogP contribution in [-0.4, -0.2) is 29.3 Å². The minimum absolute atomic E-state index is 0.294. The fourth-order valence-electron chi connectivity index (χ4n) is 1.51. The highest BCUT2D eigenvalue weighted by Gasteiger charge is 2.13. The highest BCUT2D eigenvalue weighted by atomic mass is 16.5. The molecule has 0 aliphatic carbocycles. The summed E-state index contributed by atoms with van der Waals surface area (Å²) < 4.78 is 10.3. The van der Waals surface area contributed by atoms with Gasteiger partial charge in [-0.2, -0.15) is 0 Å². The fourth-order valence-corrected chi connectivity index (χ4v) is 1.51. The molecule has 0 saturated carbocycles. The molecule has 0 fully saturated rings. The molecule has 1 aromatic carbocycles. The summed E-state index contributed by atoms with van der Waals surface area (Å²) in [5, 5.41) is 9.66. The quantitative estimate of drug-likeness (QED) is 0.895. The number of hydrogen-bond donors (Lipinski definition) is 1. The smallest absolute Gasteiger partial charge is 0.344 e. The zero-order chi connectivity index (χ0) is 13.1. The van der Waals surface area contributed by atoms with Crippen molar-refractivity contribution in [3.63, 3.8) is 0 Å². The molecule has 1 aromatic heterocycles. The van der Waals surface area contributed by atoms with Gasteiger partial charge in [-0.1, -0.05) is 0 Å². The van der Waals surface area contributed by atoms with Gasteiger partial charge in [-0.15, -0.1) is 0 Å². The van der Waals surface area contributed by atoms with Crippen LogP contribution in [0, 0.1) is 0 Å². The first kappa shape index (κ1) is 12.2. The molecule has 18 heavy (non-hydrogen) atoms. The van der Waals surface area contributed by atoms with Crippen LogP contribution in [0.4, 0.5) is 0 Å². The molecule has 1 heterocycles. The lowest BCUT2D eigenvalue weighted by atomic mass is 10.2. The zero-order valence-electron chi connectivity index (χ0n) is 10.1. The lowest BCUT2D eigenvalue weighted by Gasteiger charge is -2.10. The second kappa shape index (κ2) is 4.91. The number of carboxylic acids is 1. The van der Waals surface area contributed by atoms with E-state index < -0.39 is 12.1 Å². The van der Waals surface area contributed by atoms with Crippen molar-refractivity contribution in [1.82, 2.24) is 4.98 Å².